The number of aromatic nitrogens is 3. The molecule has 0 bridgehead atoms. The Balaban J connectivity index is 1.57. The van der Waals surface area contributed by atoms with E-state index in [1.165, 1.54) is 5.56 Å². The average Bonchev–Trinajstić information content (AvgIpc) is 3.19. The molecule has 1 aliphatic rings. The van der Waals surface area contributed by atoms with Crippen LogP contribution >= 0.6 is 0 Å². The number of nitrogens with zero attached hydrogens (tertiary/aromatic N) is 3. The summed E-state index contributed by atoms with van der Waals surface area (Å²) in [6.07, 6.45) is 5.62. The number of aromatic amines is 1. The summed E-state index contributed by atoms with van der Waals surface area (Å²) in [4.78, 5) is 18.2. The number of pyridine rings is 1. The summed E-state index contributed by atoms with van der Waals surface area (Å²) >= 11 is 0. The molecule has 0 radical (unpaired) electrons. The van der Waals surface area contributed by atoms with Gasteiger partial charge in [0.05, 0.1) is 11.4 Å². The molecule has 116 valence electrons. The Labute approximate surface area is 129 Å². The molecule has 0 unspecified atom stereocenters. The van der Waals surface area contributed by atoms with Gasteiger partial charge in [0, 0.05) is 32.6 Å². The average molecular weight is 300 g/mol. The topological polar surface area (TPSA) is 71.1 Å². The molecule has 1 fully saturated rings. The molecular weight excluding hydrogens is 280 g/mol. The lowest BCUT2D eigenvalue weighted by Crippen LogP contribution is -2.31. The molecule has 1 saturated heterocycles. The quantitative estimate of drug-likeness (QED) is 0.908. The monoisotopic (exact) mass is 300 g/mol. The van der Waals surface area contributed by atoms with E-state index < -0.39 is 0 Å². The van der Waals surface area contributed by atoms with Gasteiger partial charge in [0.1, 0.15) is 6.61 Å². The van der Waals surface area contributed by atoms with Crippen molar-refractivity contribution in [1.82, 2.24) is 20.1 Å². The summed E-state index contributed by atoms with van der Waals surface area (Å²) in [5, 5.41) is 6.84. The van der Waals surface area contributed by atoms with Crippen LogP contribution in [-0.2, 0) is 16.0 Å². The maximum atomic E-state index is 11.8. The molecule has 6 heteroatoms. The smallest absolute Gasteiger partial charge is 0.248 e. The number of likely N-dealkylation sites (tertiary alicyclic amines) is 1. The number of hydrogen-bond acceptors (Lipinski definition) is 4. The predicted octanol–water partition coefficient (Wildman–Crippen LogP) is 1.51. The number of ether oxygens (including phenoxy) is 1. The molecular formula is C16H20N4O2. The van der Waals surface area contributed by atoms with E-state index in [9.17, 15) is 4.79 Å². The van der Waals surface area contributed by atoms with Crippen LogP contribution in [0.15, 0.2) is 30.6 Å². The highest BCUT2D eigenvalue weighted by Crippen LogP contribution is 2.22. The lowest BCUT2D eigenvalue weighted by molar-refractivity contribution is -0.134. The van der Waals surface area contributed by atoms with Gasteiger partial charge >= 0.3 is 0 Å². The minimum absolute atomic E-state index is 0.0812. The fourth-order valence-corrected chi connectivity index (χ4v) is 2.88. The maximum Gasteiger partial charge on any atom is 0.248 e. The second-order valence-electron chi connectivity index (χ2n) is 5.65. The lowest BCUT2D eigenvalue weighted by atomic mass is 10.00. The Morgan fingerprint density at radius 2 is 2.36 bits per heavy atom. The second-order valence-corrected chi connectivity index (χ2v) is 5.65. The third-order valence-corrected chi connectivity index (χ3v) is 4.03. The standard InChI is InChI=1S/C16H20N4O2/c1-22-11-16(21)20-7-5-13(10-20)8-12-2-3-14(17-9-12)15-4-6-18-19-15/h2-4,6,9,13H,5,7-8,10-11H2,1H3,(H,18,19)/t13-/m1/s1. The fraction of sp³-hybridized carbons (Fsp3) is 0.438. The van der Waals surface area contributed by atoms with Gasteiger partial charge in [-0.15, -0.1) is 0 Å². The number of carbonyl (C=O) groups excluding carboxylic acids is 1. The number of methoxy groups -OCH3 is 1. The van der Waals surface area contributed by atoms with Crippen molar-refractivity contribution in [2.45, 2.75) is 12.8 Å². The summed E-state index contributed by atoms with van der Waals surface area (Å²) in [6, 6.07) is 6.01. The molecule has 1 atom stereocenters. The van der Waals surface area contributed by atoms with Gasteiger partial charge in [-0.05, 0) is 36.5 Å². The molecule has 0 aromatic carbocycles. The van der Waals surface area contributed by atoms with E-state index in [1.54, 1.807) is 13.3 Å². The first kappa shape index (κ1) is 14.7. The largest absolute Gasteiger partial charge is 0.375 e. The highest BCUT2D eigenvalue weighted by Gasteiger charge is 2.26. The van der Waals surface area contributed by atoms with Crippen LogP contribution in [0, 0.1) is 5.92 Å². The summed E-state index contributed by atoms with van der Waals surface area (Å²) in [6.45, 7) is 1.81. The molecule has 2 aromatic rings. The van der Waals surface area contributed by atoms with Crippen LogP contribution in [0.25, 0.3) is 11.4 Å². The molecule has 0 aliphatic carbocycles. The molecule has 3 rings (SSSR count). The van der Waals surface area contributed by atoms with Crippen molar-refractivity contribution < 1.29 is 9.53 Å². The maximum absolute atomic E-state index is 11.8. The van der Waals surface area contributed by atoms with Crippen molar-refractivity contribution in [3.05, 3.63) is 36.2 Å². The first-order valence-electron chi connectivity index (χ1n) is 7.47. The number of carbonyl (C=O) groups is 1. The van der Waals surface area contributed by atoms with Crippen molar-refractivity contribution in [3.63, 3.8) is 0 Å². The van der Waals surface area contributed by atoms with Crippen molar-refractivity contribution in [3.8, 4) is 11.4 Å². The molecule has 3 heterocycles. The molecule has 22 heavy (non-hydrogen) atoms. The van der Waals surface area contributed by atoms with Crippen LogP contribution in [0.2, 0.25) is 0 Å². The predicted molar refractivity (Wildman–Crippen MR) is 82.1 cm³/mol. The van der Waals surface area contributed by atoms with Gasteiger partial charge in [0.2, 0.25) is 5.91 Å². The highest BCUT2D eigenvalue weighted by atomic mass is 16.5. The summed E-state index contributed by atoms with van der Waals surface area (Å²) in [5.41, 5.74) is 3.02. The molecule has 1 amide bonds. The Hall–Kier alpha value is -2.21. The number of rotatable bonds is 5. The van der Waals surface area contributed by atoms with E-state index in [4.69, 9.17) is 4.74 Å². The Morgan fingerprint density at radius 1 is 1.45 bits per heavy atom. The van der Waals surface area contributed by atoms with Crippen LogP contribution in [0.1, 0.15) is 12.0 Å². The molecule has 1 aliphatic heterocycles. The van der Waals surface area contributed by atoms with E-state index in [0.717, 1.165) is 37.3 Å². The Morgan fingerprint density at radius 3 is 3.05 bits per heavy atom. The van der Waals surface area contributed by atoms with Gasteiger partial charge in [-0.2, -0.15) is 5.10 Å². The zero-order chi connectivity index (χ0) is 15.4. The van der Waals surface area contributed by atoms with Gasteiger partial charge < -0.3 is 9.64 Å². The van der Waals surface area contributed by atoms with Crippen LogP contribution in [0.4, 0.5) is 0 Å². The highest BCUT2D eigenvalue weighted by molar-refractivity contribution is 5.77. The van der Waals surface area contributed by atoms with Crippen molar-refractivity contribution in [2.24, 2.45) is 5.92 Å². The Bertz CT molecular complexity index is 610. The number of nitrogens with one attached hydrogen (secondary N) is 1. The SMILES string of the molecule is COCC(=O)N1CC[C@H](Cc2ccc(-c3ccn[nH]3)nc2)C1. The lowest BCUT2D eigenvalue weighted by Gasteiger charge is -2.16. The van der Waals surface area contributed by atoms with Crippen molar-refractivity contribution in [1.29, 1.82) is 0 Å². The second kappa shape index (κ2) is 6.70. The molecule has 2 aromatic heterocycles. The Kier molecular flexibility index (Phi) is 4.48. The number of hydrogen-bond donors (Lipinski definition) is 1. The van der Waals surface area contributed by atoms with Crippen molar-refractivity contribution in [2.75, 3.05) is 26.8 Å². The zero-order valence-corrected chi connectivity index (χ0v) is 12.7. The molecule has 1 N–H and O–H groups in total. The normalized spacial score (nSPS) is 17.9. The van der Waals surface area contributed by atoms with Crippen LogP contribution in [0.5, 0.6) is 0 Å². The van der Waals surface area contributed by atoms with Gasteiger partial charge in [-0.3, -0.25) is 14.9 Å². The van der Waals surface area contributed by atoms with Crippen molar-refractivity contribution >= 4 is 5.91 Å². The number of amides is 1. The van der Waals surface area contributed by atoms with Crippen LogP contribution in [-0.4, -0.2) is 52.8 Å². The minimum atomic E-state index is 0.0812. The third kappa shape index (κ3) is 3.33. The first-order valence-corrected chi connectivity index (χ1v) is 7.47. The van der Waals surface area contributed by atoms with E-state index in [1.807, 2.05) is 23.2 Å². The van der Waals surface area contributed by atoms with Crippen LogP contribution < -0.4 is 0 Å². The molecule has 0 spiro atoms. The van der Waals surface area contributed by atoms with Gasteiger partial charge in [-0.25, -0.2) is 0 Å². The molecule has 0 saturated carbocycles. The first-order chi connectivity index (χ1) is 10.8. The van der Waals surface area contributed by atoms with E-state index in [0.29, 0.717) is 5.92 Å². The fourth-order valence-electron chi connectivity index (χ4n) is 2.88. The summed E-state index contributed by atoms with van der Waals surface area (Å²) in [5.74, 6) is 0.582. The van der Waals surface area contributed by atoms with E-state index >= 15 is 0 Å². The third-order valence-electron chi connectivity index (χ3n) is 4.03. The van der Waals surface area contributed by atoms with E-state index in [-0.39, 0.29) is 12.5 Å². The number of H-pyrrole nitrogens is 1. The molecule has 6 nitrogen and oxygen atoms in total. The summed E-state index contributed by atoms with van der Waals surface area (Å²) in [7, 11) is 1.55. The zero-order valence-electron chi connectivity index (χ0n) is 12.7. The minimum Gasteiger partial charge on any atom is -0.375 e. The van der Waals surface area contributed by atoms with Crippen LogP contribution in [0.3, 0.4) is 0 Å². The van der Waals surface area contributed by atoms with E-state index in [2.05, 4.69) is 21.2 Å². The summed E-state index contributed by atoms with van der Waals surface area (Å²) < 4.78 is 4.91. The van der Waals surface area contributed by atoms with Gasteiger partial charge in [-0.1, -0.05) is 6.07 Å². The van der Waals surface area contributed by atoms with Gasteiger partial charge in [0.25, 0.3) is 0 Å². The van der Waals surface area contributed by atoms with Gasteiger partial charge in [0.15, 0.2) is 0 Å².